The molecule has 1 heterocycles. The predicted octanol–water partition coefficient (Wildman–Crippen LogP) is 3.45. The van der Waals surface area contributed by atoms with E-state index in [1.54, 1.807) is 18.2 Å². The van der Waals surface area contributed by atoms with E-state index in [4.69, 9.17) is 23.7 Å². The summed E-state index contributed by atoms with van der Waals surface area (Å²) in [5.74, 6) is 1.01. The minimum absolute atomic E-state index is 0.0192. The van der Waals surface area contributed by atoms with Gasteiger partial charge in [-0.3, -0.25) is 0 Å². The molecule has 1 aliphatic heterocycles. The van der Waals surface area contributed by atoms with Gasteiger partial charge in [-0.2, -0.15) is 0 Å². The molecule has 0 spiro atoms. The van der Waals surface area contributed by atoms with E-state index in [1.165, 1.54) is 45.6 Å². The lowest BCUT2D eigenvalue weighted by atomic mass is 10.1. The fraction of sp³-hybridized carbons (Fsp3) is 0.250. The molecule has 0 saturated heterocycles. The van der Waals surface area contributed by atoms with Crippen LogP contribution < -0.4 is 18.9 Å². The fourth-order valence-electron chi connectivity index (χ4n) is 2.70. The van der Waals surface area contributed by atoms with Gasteiger partial charge in [0.1, 0.15) is 24.3 Å². The molecule has 1 aliphatic rings. The molecule has 142 valence electrons. The molecular weight excluding hydrogens is 355 g/mol. The largest absolute Gasteiger partial charge is 0.493 e. The van der Waals surface area contributed by atoms with Crippen LogP contribution in [0.3, 0.4) is 0 Å². The van der Waals surface area contributed by atoms with Crippen LogP contribution in [0.4, 0.5) is 4.39 Å². The molecule has 1 atom stereocenters. The van der Waals surface area contributed by atoms with Crippen molar-refractivity contribution in [3.63, 3.8) is 0 Å². The first-order valence-electron chi connectivity index (χ1n) is 8.15. The van der Waals surface area contributed by atoms with Crippen LogP contribution in [0.25, 0.3) is 0 Å². The summed E-state index contributed by atoms with van der Waals surface area (Å²) < 4.78 is 39.8. The topological polar surface area (TPSA) is 63.2 Å². The van der Waals surface area contributed by atoms with Gasteiger partial charge < -0.3 is 23.7 Å². The fourth-order valence-corrected chi connectivity index (χ4v) is 2.70. The molecule has 27 heavy (non-hydrogen) atoms. The summed E-state index contributed by atoms with van der Waals surface area (Å²) in [6.45, 7) is 0.0192. The van der Waals surface area contributed by atoms with Crippen LogP contribution in [0.5, 0.6) is 23.0 Å². The molecule has 1 unspecified atom stereocenters. The Hall–Kier alpha value is -3.22. The molecule has 0 aromatic heterocycles. The zero-order chi connectivity index (χ0) is 19.4. The molecule has 0 aliphatic carbocycles. The first kappa shape index (κ1) is 18.6. The summed E-state index contributed by atoms with van der Waals surface area (Å²) >= 11 is 0. The third-order valence-electron chi connectivity index (χ3n) is 4.07. The number of halogens is 1. The number of benzene rings is 2. The van der Waals surface area contributed by atoms with Gasteiger partial charge in [-0.05, 0) is 42.5 Å². The number of esters is 1. The van der Waals surface area contributed by atoms with Crippen molar-refractivity contribution in [1.29, 1.82) is 0 Å². The SMILES string of the molecule is COc1cc(C2C=C(COc3ccc(F)cc3)C(=O)O2)cc(OC)c1OC. The summed E-state index contributed by atoms with van der Waals surface area (Å²) in [5, 5.41) is 0. The van der Waals surface area contributed by atoms with Gasteiger partial charge in [0.25, 0.3) is 0 Å². The van der Waals surface area contributed by atoms with Gasteiger partial charge in [0.15, 0.2) is 11.5 Å². The molecule has 2 aromatic carbocycles. The van der Waals surface area contributed by atoms with Crippen LogP contribution >= 0.6 is 0 Å². The minimum Gasteiger partial charge on any atom is -0.493 e. The zero-order valence-corrected chi connectivity index (χ0v) is 15.2. The monoisotopic (exact) mass is 374 g/mol. The maximum Gasteiger partial charge on any atom is 0.338 e. The average molecular weight is 374 g/mol. The highest BCUT2D eigenvalue weighted by atomic mass is 19.1. The lowest BCUT2D eigenvalue weighted by Gasteiger charge is -2.16. The average Bonchev–Trinajstić information content (AvgIpc) is 3.07. The molecule has 3 rings (SSSR count). The smallest absolute Gasteiger partial charge is 0.338 e. The first-order chi connectivity index (χ1) is 13.0. The van der Waals surface area contributed by atoms with E-state index in [1.807, 2.05) is 0 Å². The van der Waals surface area contributed by atoms with Crippen LogP contribution in [-0.4, -0.2) is 33.9 Å². The van der Waals surface area contributed by atoms with Crippen LogP contribution in [0.2, 0.25) is 0 Å². The Labute approximate surface area is 156 Å². The molecule has 0 saturated carbocycles. The van der Waals surface area contributed by atoms with E-state index >= 15 is 0 Å². The number of rotatable bonds is 7. The highest BCUT2D eigenvalue weighted by Gasteiger charge is 2.29. The Morgan fingerprint density at radius 2 is 1.63 bits per heavy atom. The number of hydrogen-bond acceptors (Lipinski definition) is 6. The van der Waals surface area contributed by atoms with Crippen LogP contribution in [0.1, 0.15) is 11.7 Å². The van der Waals surface area contributed by atoms with Gasteiger partial charge in [0, 0.05) is 5.56 Å². The van der Waals surface area contributed by atoms with Crippen molar-refractivity contribution in [2.75, 3.05) is 27.9 Å². The van der Waals surface area contributed by atoms with Crippen molar-refractivity contribution >= 4 is 5.97 Å². The number of carbonyl (C=O) groups excluding carboxylic acids is 1. The van der Waals surface area contributed by atoms with Gasteiger partial charge >= 0.3 is 5.97 Å². The van der Waals surface area contributed by atoms with E-state index in [9.17, 15) is 9.18 Å². The van der Waals surface area contributed by atoms with E-state index in [0.29, 0.717) is 34.1 Å². The lowest BCUT2D eigenvalue weighted by molar-refractivity contribution is -0.140. The number of cyclic esters (lactones) is 1. The van der Waals surface area contributed by atoms with Gasteiger partial charge in [-0.25, -0.2) is 9.18 Å². The Morgan fingerprint density at radius 1 is 1.00 bits per heavy atom. The van der Waals surface area contributed by atoms with Crippen molar-refractivity contribution < 1.29 is 32.9 Å². The Kier molecular flexibility index (Phi) is 5.49. The van der Waals surface area contributed by atoms with Crippen molar-refractivity contribution in [3.8, 4) is 23.0 Å². The van der Waals surface area contributed by atoms with E-state index in [0.717, 1.165) is 0 Å². The van der Waals surface area contributed by atoms with Gasteiger partial charge in [-0.1, -0.05) is 0 Å². The highest BCUT2D eigenvalue weighted by molar-refractivity contribution is 5.91. The first-order valence-corrected chi connectivity index (χ1v) is 8.15. The number of hydrogen-bond donors (Lipinski definition) is 0. The summed E-state index contributed by atoms with van der Waals surface area (Å²) in [4.78, 5) is 12.1. The third kappa shape index (κ3) is 3.97. The summed E-state index contributed by atoms with van der Waals surface area (Å²) in [6, 6.07) is 9.00. The summed E-state index contributed by atoms with van der Waals surface area (Å²) in [7, 11) is 4.54. The molecule has 7 heteroatoms. The van der Waals surface area contributed by atoms with Crippen LogP contribution in [0, 0.1) is 5.82 Å². The number of methoxy groups -OCH3 is 3. The van der Waals surface area contributed by atoms with Crippen molar-refractivity contribution in [3.05, 3.63) is 59.4 Å². The predicted molar refractivity (Wildman–Crippen MR) is 94.9 cm³/mol. The molecule has 0 radical (unpaired) electrons. The molecule has 0 fully saturated rings. The van der Waals surface area contributed by atoms with E-state index in [-0.39, 0.29) is 12.4 Å². The Balaban J connectivity index is 1.79. The second kappa shape index (κ2) is 7.99. The Morgan fingerprint density at radius 3 is 2.19 bits per heavy atom. The molecular formula is C20H19FO6. The summed E-state index contributed by atoms with van der Waals surface area (Å²) in [6.07, 6.45) is 1.07. The normalized spacial score (nSPS) is 15.8. The van der Waals surface area contributed by atoms with Crippen LogP contribution in [0.15, 0.2) is 48.0 Å². The number of carbonyl (C=O) groups is 1. The minimum atomic E-state index is -0.599. The standard InChI is InChI=1S/C20H19FO6/c1-23-17-8-12(9-18(24-2)19(17)25-3)16-10-13(20(22)27-16)11-26-15-6-4-14(21)5-7-15/h4-10,16H,11H2,1-3H3. The molecule has 2 aromatic rings. The second-order valence-electron chi connectivity index (χ2n) is 5.72. The van der Waals surface area contributed by atoms with Crippen LogP contribution in [-0.2, 0) is 9.53 Å². The zero-order valence-electron chi connectivity index (χ0n) is 15.2. The highest BCUT2D eigenvalue weighted by Crippen LogP contribution is 2.41. The van der Waals surface area contributed by atoms with E-state index < -0.39 is 12.1 Å². The van der Waals surface area contributed by atoms with Gasteiger partial charge in [0.2, 0.25) is 5.75 Å². The molecule has 0 bridgehead atoms. The third-order valence-corrected chi connectivity index (χ3v) is 4.07. The molecule has 0 N–H and O–H groups in total. The maximum absolute atomic E-state index is 12.9. The second-order valence-corrected chi connectivity index (χ2v) is 5.72. The van der Waals surface area contributed by atoms with Crippen molar-refractivity contribution in [2.24, 2.45) is 0 Å². The Bertz CT molecular complexity index is 834. The van der Waals surface area contributed by atoms with Crippen molar-refractivity contribution in [2.45, 2.75) is 6.10 Å². The van der Waals surface area contributed by atoms with Gasteiger partial charge in [-0.15, -0.1) is 0 Å². The summed E-state index contributed by atoms with van der Waals surface area (Å²) in [5.41, 5.74) is 1.05. The lowest BCUT2D eigenvalue weighted by Crippen LogP contribution is -2.09. The number of ether oxygens (including phenoxy) is 5. The molecule has 6 nitrogen and oxygen atoms in total. The van der Waals surface area contributed by atoms with Crippen molar-refractivity contribution in [1.82, 2.24) is 0 Å². The maximum atomic E-state index is 12.9. The van der Waals surface area contributed by atoms with Gasteiger partial charge in [0.05, 0.1) is 26.9 Å². The molecule has 0 amide bonds. The quantitative estimate of drug-likeness (QED) is 0.692. The van der Waals surface area contributed by atoms with E-state index in [2.05, 4.69) is 0 Å².